The molecule has 0 fully saturated rings. The Morgan fingerprint density at radius 3 is 2.24 bits per heavy atom. The summed E-state index contributed by atoms with van der Waals surface area (Å²) in [5, 5.41) is 1.58. The summed E-state index contributed by atoms with van der Waals surface area (Å²) in [6, 6.07) is 12.3. The fraction of sp³-hybridized carbons (Fsp3) is 0.444. The van der Waals surface area contributed by atoms with Gasteiger partial charge >= 0.3 is 0 Å². The van der Waals surface area contributed by atoms with E-state index >= 15 is 0 Å². The molecule has 0 aliphatic carbocycles. The molecule has 1 aromatic carbocycles. The van der Waals surface area contributed by atoms with Gasteiger partial charge in [0.1, 0.15) is 8.07 Å². The average Bonchev–Trinajstić information content (AvgIpc) is 2.79. The third-order valence-electron chi connectivity index (χ3n) is 6.47. The fourth-order valence-electron chi connectivity index (χ4n) is 4.77. The zero-order chi connectivity index (χ0) is 24.0. The Kier molecular flexibility index (Phi) is 8.55. The molecule has 0 amide bonds. The second-order valence-corrected chi connectivity index (χ2v) is 15.7. The van der Waals surface area contributed by atoms with Gasteiger partial charge in [-0.1, -0.05) is 89.6 Å². The lowest BCUT2D eigenvalue weighted by atomic mass is 10.2. The Morgan fingerprint density at radius 1 is 0.970 bits per heavy atom. The molecule has 6 heteroatoms. The number of rotatable bonds is 8. The number of fused-ring (bicyclic) bond motifs is 1. The van der Waals surface area contributed by atoms with Crippen molar-refractivity contribution in [2.45, 2.75) is 69.7 Å². The van der Waals surface area contributed by atoms with E-state index in [-0.39, 0.29) is 0 Å². The van der Waals surface area contributed by atoms with Crippen LogP contribution in [0.5, 0.6) is 5.88 Å². The fourth-order valence-corrected chi connectivity index (χ4v) is 10.3. The van der Waals surface area contributed by atoms with Gasteiger partial charge in [-0.05, 0) is 28.4 Å². The van der Waals surface area contributed by atoms with Gasteiger partial charge in [0.15, 0.2) is 10.8 Å². The highest BCUT2D eigenvalue weighted by molar-refractivity contribution is 7.98. The molecular weight excluding hydrogens is 442 g/mol. The van der Waals surface area contributed by atoms with E-state index < -0.39 is 8.07 Å². The van der Waals surface area contributed by atoms with Gasteiger partial charge in [0.2, 0.25) is 5.88 Å². The van der Waals surface area contributed by atoms with E-state index in [9.17, 15) is 0 Å². The van der Waals surface area contributed by atoms with Crippen LogP contribution in [0.1, 0.15) is 52.7 Å². The molecule has 0 aliphatic heterocycles. The summed E-state index contributed by atoms with van der Waals surface area (Å²) in [6.45, 7) is 14.5. The summed E-state index contributed by atoms with van der Waals surface area (Å²) in [5.41, 5.74) is 8.32. The Labute approximate surface area is 204 Å². The number of ether oxygens (including phenoxy) is 1. The minimum absolute atomic E-state index is 0.554. The Morgan fingerprint density at radius 2 is 1.64 bits per heavy atom. The maximum absolute atomic E-state index is 6.07. The molecule has 3 aromatic rings. The summed E-state index contributed by atoms with van der Waals surface area (Å²) in [4.78, 5) is 13.8. The third kappa shape index (κ3) is 5.77. The monoisotopic (exact) mass is 477 g/mol. The molecule has 0 saturated heterocycles. The summed E-state index contributed by atoms with van der Waals surface area (Å²) < 4.78 is 6.07. The van der Waals surface area contributed by atoms with Crippen LogP contribution >= 0.6 is 11.8 Å². The topological polar surface area (TPSA) is 47.9 Å². The van der Waals surface area contributed by atoms with Crippen molar-refractivity contribution in [1.82, 2.24) is 15.0 Å². The van der Waals surface area contributed by atoms with E-state index in [4.69, 9.17) is 4.74 Å². The first-order valence-electron chi connectivity index (χ1n) is 11.7. The predicted octanol–water partition coefficient (Wildman–Crippen LogP) is 6.94. The Bertz CT molecular complexity index is 1110. The van der Waals surface area contributed by atoms with Gasteiger partial charge in [0, 0.05) is 24.2 Å². The first-order chi connectivity index (χ1) is 15.8. The lowest BCUT2D eigenvalue weighted by Gasteiger charge is -2.38. The van der Waals surface area contributed by atoms with Gasteiger partial charge in [-0.3, -0.25) is 0 Å². The quantitative estimate of drug-likeness (QED) is 0.152. The van der Waals surface area contributed by atoms with Gasteiger partial charge in [0.05, 0.1) is 12.0 Å². The van der Waals surface area contributed by atoms with Gasteiger partial charge in [0.25, 0.3) is 0 Å². The van der Waals surface area contributed by atoms with E-state index in [2.05, 4.69) is 80.1 Å². The van der Waals surface area contributed by atoms with E-state index in [0.29, 0.717) is 39.9 Å². The van der Waals surface area contributed by atoms with Crippen molar-refractivity contribution < 1.29 is 4.74 Å². The van der Waals surface area contributed by atoms with Crippen LogP contribution in [0.4, 0.5) is 0 Å². The van der Waals surface area contributed by atoms with Crippen LogP contribution in [-0.2, 0) is 6.42 Å². The highest BCUT2D eigenvalue weighted by Crippen LogP contribution is 2.41. The molecule has 3 rings (SSSR count). The number of nitrogens with zero attached hydrogens (tertiary/aromatic N) is 3. The standard InChI is InChI=1S/C27H35N3OSSi/c1-19(2)33(20(3)4,21(5)6)16-14-23-17-25(31-15-13-22-11-9-8-10-12-22)29-26-24(23)18-28-27(30-26)32-7/h8-12,17-21H,13,15H2,1-7H3. The molecule has 0 radical (unpaired) electrons. The Balaban J connectivity index is 2.02. The van der Waals surface area contributed by atoms with Crippen LogP contribution < -0.4 is 4.74 Å². The molecule has 0 aliphatic rings. The van der Waals surface area contributed by atoms with Crippen LogP contribution in [-0.4, -0.2) is 35.9 Å². The number of aromatic nitrogens is 3. The molecule has 0 N–H and O–H groups in total. The molecule has 174 valence electrons. The molecule has 0 unspecified atom stereocenters. The second-order valence-electron chi connectivity index (χ2n) is 9.33. The first-order valence-corrected chi connectivity index (χ1v) is 15.1. The predicted molar refractivity (Wildman–Crippen MR) is 143 cm³/mol. The molecule has 0 spiro atoms. The first kappa shape index (κ1) is 25.3. The third-order valence-corrected chi connectivity index (χ3v) is 13.3. The minimum Gasteiger partial charge on any atom is -0.477 e. The van der Waals surface area contributed by atoms with Gasteiger partial charge in [-0.25, -0.2) is 9.97 Å². The zero-order valence-electron chi connectivity index (χ0n) is 20.8. The number of benzene rings is 1. The van der Waals surface area contributed by atoms with Gasteiger partial charge < -0.3 is 4.74 Å². The molecule has 33 heavy (non-hydrogen) atoms. The van der Waals surface area contributed by atoms with E-state index in [0.717, 1.165) is 17.4 Å². The SMILES string of the molecule is CSc1ncc2c(C#C[Si](C(C)C)(C(C)C)C(C)C)cc(OCCc3ccccc3)nc2n1. The van der Waals surface area contributed by atoms with E-state index in [1.54, 1.807) is 0 Å². The highest BCUT2D eigenvalue weighted by Gasteiger charge is 2.41. The zero-order valence-corrected chi connectivity index (χ0v) is 22.7. The van der Waals surface area contributed by atoms with Gasteiger partial charge in [-0.2, -0.15) is 4.98 Å². The van der Waals surface area contributed by atoms with Crippen molar-refractivity contribution in [1.29, 1.82) is 0 Å². The van der Waals surface area contributed by atoms with Gasteiger partial charge in [-0.15, -0.1) is 5.54 Å². The van der Waals surface area contributed by atoms with Crippen molar-refractivity contribution in [3.05, 3.63) is 53.7 Å². The summed E-state index contributed by atoms with van der Waals surface area (Å²) >= 11 is 1.51. The maximum Gasteiger partial charge on any atom is 0.216 e. The average molecular weight is 478 g/mol. The van der Waals surface area contributed by atoms with Crippen LogP contribution in [0, 0.1) is 11.5 Å². The molecule has 0 saturated carbocycles. The van der Waals surface area contributed by atoms with Crippen molar-refractivity contribution >= 4 is 30.9 Å². The van der Waals surface area contributed by atoms with Crippen molar-refractivity contribution in [3.8, 4) is 17.3 Å². The molecule has 0 bridgehead atoms. The van der Waals surface area contributed by atoms with Crippen LogP contribution in [0.15, 0.2) is 47.8 Å². The van der Waals surface area contributed by atoms with Crippen molar-refractivity contribution in [2.75, 3.05) is 12.9 Å². The molecule has 2 heterocycles. The number of hydrogen-bond donors (Lipinski definition) is 0. The molecule has 0 atom stereocenters. The summed E-state index contributed by atoms with van der Waals surface area (Å²) in [5.74, 6) is 4.13. The second kappa shape index (κ2) is 11.2. The molecule has 2 aromatic heterocycles. The number of pyridine rings is 1. The normalized spacial score (nSPS) is 11.8. The van der Waals surface area contributed by atoms with Crippen molar-refractivity contribution in [3.63, 3.8) is 0 Å². The maximum atomic E-state index is 6.07. The minimum atomic E-state index is -1.87. The Hall–Kier alpha value is -2.36. The number of thioether (sulfide) groups is 1. The lowest BCUT2D eigenvalue weighted by molar-refractivity contribution is 0.310. The lowest BCUT2D eigenvalue weighted by Crippen LogP contribution is -2.43. The highest BCUT2D eigenvalue weighted by atomic mass is 32.2. The van der Waals surface area contributed by atoms with E-state index in [1.165, 1.54) is 17.3 Å². The molecule has 4 nitrogen and oxygen atoms in total. The smallest absolute Gasteiger partial charge is 0.216 e. The molecular formula is C27H35N3OSSi. The van der Waals surface area contributed by atoms with Crippen LogP contribution in [0.25, 0.3) is 11.0 Å². The van der Waals surface area contributed by atoms with Crippen LogP contribution in [0.2, 0.25) is 16.6 Å². The summed E-state index contributed by atoms with van der Waals surface area (Å²) in [7, 11) is -1.87. The van der Waals surface area contributed by atoms with Crippen molar-refractivity contribution in [2.24, 2.45) is 0 Å². The van der Waals surface area contributed by atoms with E-state index in [1.807, 2.05) is 36.7 Å². The van der Waals surface area contributed by atoms with Crippen LogP contribution in [0.3, 0.4) is 0 Å². The number of hydrogen-bond acceptors (Lipinski definition) is 5. The largest absolute Gasteiger partial charge is 0.477 e. The summed E-state index contributed by atoms with van der Waals surface area (Å²) in [6.07, 6.45) is 4.64.